The summed E-state index contributed by atoms with van der Waals surface area (Å²) >= 11 is 0. The molecule has 0 bridgehead atoms. The summed E-state index contributed by atoms with van der Waals surface area (Å²) in [6.07, 6.45) is 5.39. The molecule has 0 aromatic carbocycles. The van der Waals surface area contributed by atoms with E-state index < -0.39 is 0 Å². The van der Waals surface area contributed by atoms with Crippen molar-refractivity contribution < 1.29 is 0 Å². The zero-order valence-corrected chi connectivity index (χ0v) is 8.44. The predicted octanol–water partition coefficient (Wildman–Crippen LogP) is 2.50. The van der Waals surface area contributed by atoms with Crippen LogP contribution in [0.4, 0.5) is 0 Å². The molecule has 3 heteroatoms. The molecule has 0 aliphatic carbocycles. The number of aromatic nitrogens is 3. The minimum Gasteiger partial charge on any atom is -0.220 e. The van der Waals surface area contributed by atoms with Gasteiger partial charge in [-0.2, -0.15) is 5.10 Å². The first-order valence-electron chi connectivity index (χ1n) is 4.68. The van der Waals surface area contributed by atoms with Crippen molar-refractivity contribution in [2.24, 2.45) is 0 Å². The van der Waals surface area contributed by atoms with Crippen molar-refractivity contribution in [2.75, 3.05) is 0 Å². The highest BCUT2D eigenvalue weighted by Gasteiger charge is 2.05. The molecule has 2 rings (SSSR count). The Hall–Kier alpha value is -1.64. The fourth-order valence-electron chi connectivity index (χ4n) is 1.44. The summed E-state index contributed by atoms with van der Waals surface area (Å²) in [4.78, 5) is 4.17. The fraction of sp³-hybridized carbons (Fsp3) is 0.273. The molecule has 0 atom stereocenters. The number of rotatable bonds is 2. The predicted molar refractivity (Wildman–Crippen MR) is 57.2 cm³/mol. The minimum atomic E-state index is 0.488. The molecule has 0 saturated heterocycles. The average molecular weight is 187 g/mol. The quantitative estimate of drug-likeness (QED) is 0.723. The normalized spacial score (nSPS) is 11.1. The first kappa shape index (κ1) is 8.94. The number of pyridine rings is 1. The van der Waals surface area contributed by atoms with E-state index in [0.717, 1.165) is 11.2 Å². The highest BCUT2D eigenvalue weighted by Crippen LogP contribution is 2.18. The number of nitrogens with zero attached hydrogens (tertiary/aromatic N) is 3. The summed E-state index contributed by atoms with van der Waals surface area (Å²) < 4.78 is 1.80. The average Bonchev–Trinajstić information content (AvgIpc) is 2.63. The molecule has 0 radical (unpaired) electrons. The van der Waals surface area contributed by atoms with Crippen LogP contribution in [0.25, 0.3) is 11.7 Å². The SMILES string of the molecule is C=Cc1cc(C(C)C)cn2ncnc12. The minimum absolute atomic E-state index is 0.488. The van der Waals surface area contributed by atoms with Crippen LogP contribution in [0.2, 0.25) is 0 Å². The lowest BCUT2D eigenvalue weighted by Gasteiger charge is -2.07. The lowest BCUT2D eigenvalue weighted by molar-refractivity contribution is 0.834. The molecule has 0 spiro atoms. The zero-order chi connectivity index (χ0) is 10.1. The van der Waals surface area contributed by atoms with E-state index in [-0.39, 0.29) is 0 Å². The van der Waals surface area contributed by atoms with Crippen molar-refractivity contribution in [3.05, 3.63) is 36.3 Å². The van der Waals surface area contributed by atoms with Crippen molar-refractivity contribution in [3.8, 4) is 0 Å². The molecule has 2 aromatic rings. The van der Waals surface area contributed by atoms with Crippen molar-refractivity contribution in [2.45, 2.75) is 19.8 Å². The van der Waals surface area contributed by atoms with Gasteiger partial charge in [-0.3, -0.25) is 0 Å². The monoisotopic (exact) mass is 187 g/mol. The van der Waals surface area contributed by atoms with E-state index in [1.165, 1.54) is 5.56 Å². The van der Waals surface area contributed by atoms with E-state index >= 15 is 0 Å². The lowest BCUT2D eigenvalue weighted by atomic mass is 10.0. The Kier molecular flexibility index (Phi) is 2.08. The molecule has 0 amide bonds. The molecular weight excluding hydrogens is 174 g/mol. The van der Waals surface area contributed by atoms with Gasteiger partial charge < -0.3 is 0 Å². The van der Waals surface area contributed by atoms with Crippen molar-refractivity contribution >= 4 is 11.7 Å². The van der Waals surface area contributed by atoms with E-state index in [1.54, 1.807) is 10.8 Å². The molecule has 2 heterocycles. The highest BCUT2D eigenvalue weighted by molar-refractivity contribution is 5.64. The van der Waals surface area contributed by atoms with E-state index in [9.17, 15) is 0 Å². The maximum Gasteiger partial charge on any atom is 0.162 e. The van der Waals surface area contributed by atoms with Crippen LogP contribution in [-0.2, 0) is 0 Å². The summed E-state index contributed by atoms with van der Waals surface area (Å²) in [5.74, 6) is 0.488. The molecule has 72 valence electrons. The molecule has 3 nitrogen and oxygen atoms in total. The van der Waals surface area contributed by atoms with E-state index in [0.29, 0.717) is 5.92 Å². The molecule has 0 saturated carbocycles. The van der Waals surface area contributed by atoms with Crippen LogP contribution in [0.3, 0.4) is 0 Å². The second-order valence-electron chi connectivity index (χ2n) is 3.62. The van der Waals surface area contributed by atoms with E-state index in [4.69, 9.17) is 0 Å². The second kappa shape index (κ2) is 3.25. The molecule has 2 aromatic heterocycles. The van der Waals surface area contributed by atoms with Gasteiger partial charge in [0.15, 0.2) is 5.65 Å². The smallest absolute Gasteiger partial charge is 0.162 e. The summed E-state index contributed by atoms with van der Waals surface area (Å²) in [6.45, 7) is 8.10. The molecule has 0 aliphatic heterocycles. The van der Waals surface area contributed by atoms with E-state index in [1.807, 2.05) is 12.3 Å². The first-order chi connectivity index (χ1) is 6.72. The van der Waals surface area contributed by atoms with Gasteiger partial charge in [0.1, 0.15) is 6.33 Å². The van der Waals surface area contributed by atoms with Gasteiger partial charge in [-0.15, -0.1) is 0 Å². The summed E-state index contributed by atoms with van der Waals surface area (Å²) in [5.41, 5.74) is 3.15. The van der Waals surface area contributed by atoms with Gasteiger partial charge in [-0.05, 0) is 17.5 Å². The Balaban J connectivity index is 2.73. The maximum atomic E-state index is 4.17. The molecular formula is C11H13N3. The Bertz CT molecular complexity index is 468. The number of hydrogen-bond acceptors (Lipinski definition) is 2. The Morgan fingerprint density at radius 1 is 1.50 bits per heavy atom. The van der Waals surface area contributed by atoms with Gasteiger partial charge in [-0.1, -0.05) is 26.5 Å². The summed E-state index contributed by atoms with van der Waals surface area (Å²) in [5, 5.41) is 4.13. The summed E-state index contributed by atoms with van der Waals surface area (Å²) in [6, 6.07) is 2.11. The third-order valence-corrected chi connectivity index (χ3v) is 2.31. The fourth-order valence-corrected chi connectivity index (χ4v) is 1.44. The zero-order valence-electron chi connectivity index (χ0n) is 8.44. The third kappa shape index (κ3) is 1.31. The second-order valence-corrected chi connectivity index (χ2v) is 3.62. The van der Waals surface area contributed by atoms with Gasteiger partial charge >= 0.3 is 0 Å². The number of hydrogen-bond donors (Lipinski definition) is 0. The number of fused-ring (bicyclic) bond motifs is 1. The molecule has 0 unspecified atom stereocenters. The van der Waals surface area contributed by atoms with Crippen molar-refractivity contribution in [1.82, 2.24) is 14.6 Å². The van der Waals surface area contributed by atoms with Crippen LogP contribution >= 0.6 is 0 Å². The van der Waals surface area contributed by atoms with Gasteiger partial charge in [0.2, 0.25) is 0 Å². The largest absolute Gasteiger partial charge is 0.220 e. The van der Waals surface area contributed by atoms with Gasteiger partial charge in [0, 0.05) is 11.8 Å². The Morgan fingerprint density at radius 2 is 2.29 bits per heavy atom. The lowest BCUT2D eigenvalue weighted by Crippen LogP contribution is -1.96. The van der Waals surface area contributed by atoms with Gasteiger partial charge in [-0.25, -0.2) is 9.50 Å². The topological polar surface area (TPSA) is 30.2 Å². The van der Waals surface area contributed by atoms with Crippen LogP contribution in [0.15, 0.2) is 25.2 Å². The van der Waals surface area contributed by atoms with Crippen molar-refractivity contribution in [1.29, 1.82) is 0 Å². The van der Waals surface area contributed by atoms with Crippen LogP contribution in [-0.4, -0.2) is 14.6 Å². The highest BCUT2D eigenvalue weighted by atomic mass is 15.3. The Morgan fingerprint density at radius 3 is 2.93 bits per heavy atom. The molecule has 14 heavy (non-hydrogen) atoms. The first-order valence-corrected chi connectivity index (χ1v) is 4.68. The molecule has 0 aliphatic rings. The van der Waals surface area contributed by atoms with Gasteiger partial charge in [0.25, 0.3) is 0 Å². The summed E-state index contributed by atoms with van der Waals surface area (Å²) in [7, 11) is 0. The van der Waals surface area contributed by atoms with Crippen LogP contribution in [0, 0.1) is 0 Å². The standard InChI is InChI=1S/C11H13N3/c1-4-9-5-10(8(2)3)6-14-11(9)12-7-13-14/h4-8H,1H2,2-3H3. The molecule has 0 N–H and O–H groups in total. The van der Waals surface area contributed by atoms with Crippen LogP contribution < -0.4 is 0 Å². The van der Waals surface area contributed by atoms with Gasteiger partial charge in [0.05, 0.1) is 0 Å². The van der Waals surface area contributed by atoms with Crippen LogP contribution in [0.1, 0.15) is 30.9 Å². The van der Waals surface area contributed by atoms with Crippen molar-refractivity contribution in [3.63, 3.8) is 0 Å². The van der Waals surface area contributed by atoms with E-state index in [2.05, 4.69) is 36.6 Å². The Labute approximate surface area is 83.1 Å². The third-order valence-electron chi connectivity index (χ3n) is 2.31. The van der Waals surface area contributed by atoms with Crippen LogP contribution in [0.5, 0.6) is 0 Å². The molecule has 0 fully saturated rings. The maximum absolute atomic E-state index is 4.17.